The van der Waals surface area contributed by atoms with Crippen LogP contribution in [0.1, 0.15) is 51.9 Å². The first-order valence-corrected chi connectivity index (χ1v) is 9.69. The molecule has 0 fully saturated rings. The molecule has 1 aromatic heterocycles. The summed E-state index contributed by atoms with van der Waals surface area (Å²) < 4.78 is 36.0. The summed E-state index contributed by atoms with van der Waals surface area (Å²) in [7, 11) is -4.47. The zero-order chi connectivity index (χ0) is 20.6. The van der Waals surface area contributed by atoms with Gasteiger partial charge in [0.25, 0.3) is 5.09 Å². The summed E-state index contributed by atoms with van der Waals surface area (Å²) in [5, 5.41) is -0.408. The van der Waals surface area contributed by atoms with Crippen LogP contribution >= 0.6 is 0 Å². The summed E-state index contributed by atoms with van der Waals surface area (Å²) >= 11 is 0. The fourth-order valence-electron chi connectivity index (χ4n) is 2.02. The monoisotopic (exact) mass is 397 g/mol. The number of hydrogen-bond acceptors (Lipinski definition) is 7. The minimum absolute atomic E-state index is 0.181. The second kappa shape index (κ2) is 6.97. The lowest BCUT2D eigenvalue weighted by Gasteiger charge is -2.19. The maximum absolute atomic E-state index is 12.6. The van der Waals surface area contributed by atoms with Gasteiger partial charge in [0.05, 0.1) is 5.41 Å². The molecule has 1 heterocycles. The van der Waals surface area contributed by atoms with Gasteiger partial charge in [-0.05, 0) is 52.5 Å². The molecule has 8 nitrogen and oxygen atoms in total. The SMILES string of the molecule is CC(C)(C)OC(=O)c1c(S(=O)(=O)NOC(=O)C(C)(C)C)oc2ccccc12. The van der Waals surface area contributed by atoms with Gasteiger partial charge in [-0.25, -0.2) is 18.0 Å². The number of carbonyl (C=O) groups is 2. The highest BCUT2D eigenvalue weighted by molar-refractivity contribution is 7.89. The van der Waals surface area contributed by atoms with E-state index in [-0.39, 0.29) is 16.5 Å². The number of ether oxygens (including phenoxy) is 1. The summed E-state index contributed by atoms with van der Waals surface area (Å²) in [6.07, 6.45) is 0. The van der Waals surface area contributed by atoms with Crippen molar-refractivity contribution in [2.45, 2.75) is 52.2 Å². The molecule has 27 heavy (non-hydrogen) atoms. The predicted molar refractivity (Wildman–Crippen MR) is 97.3 cm³/mol. The molecule has 9 heteroatoms. The zero-order valence-corrected chi connectivity index (χ0v) is 16.9. The average molecular weight is 397 g/mol. The highest BCUT2D eigenvalue weighted by Crippen LogP contribution is 2.31. The van der Waals surface area contributed by atoms with Crippen LogP contribution in [0.4, 0.5) is 0 Å². The number of para-hydroxylation sites is 1. The number of nitrogens with one attached hydrogen (secondary N) is 1. The summed E-state index contributed by atoms with van der Waals surface area (Å²) in [6, 6.07) is 6.32. The molecule has 0 radical (unpaired) electrons. The van der Waals surface area contributed by atoms with E-state index in [4.69, 9.17) is 9.15 Å². The maximum Gasteiger partial charge on any atom is 0.344 e. The van der Waals surface area contributed by atoms with Crippen LogP contribution in [0.2, 0.25) is 0 Å². The highest BCUT2D eigenvalue weighted by atomic mass is 32.2. The topological polar surface area (TPSA) is 112 Å². The van der Waals surface area contributed by atoms with E-state index < -0.39 is 38.1 Å². The van der Waals surface area contributed by atoms with Crippen molar-refractivity contribution in [1.29, 1.82) is 0 Å². The van der Waals surface area contributed by atoms with E-state index in [1.165, 1.54) is 12.1 Å². The summed E-state index contributed by atoms with van der Waals surface area (Å²) in [6.45, 7) is 9.67. The first kappa shape index (κ1) is 20.9. The van der Waals surface area contributed by atoms with Crippen LogP contribution in [0.5, 0.6) is 0 Å². The van der Waals surface area contributed by atoms with E-state index in [9.17, 15) is 18.0 Å². The molecule has 0 spiro atoms. The molecule has 0 saturated heterocycles. The van der Waals surface area contributed by atoms with Crippen LogP contribution < -0.4 is 4.89 Å². The Morgan fingerprint density at radius 1 is 1.04 bits per heavy atom. The first-order chi connectivity index (χ1) is 12.2. The van der Waals surface area contributed by atoms with Crippen molar-refractivity contribution in [2.24, 2.45) is 5.41 Å². The van der Waals surface area contributed by atoms with Gasteiger partial charge in [-0.2, -0.15) is 0 Å². The van der Waals surface area contributed by atoms with E-state index in [0.717, 1.165) is 0 Å². The summed E-state index contributed by atoms with van der Waals surface area (Å²) in [5.74, 6) is -1.66. The fourth-order valence-corrected chi connectivity index (χ4v) is 2.94. The molecule has 148 valence electrons. The van der Waals surface area contributed by atoms with Gasteiger partial charge in [0, 0.05) is 5.39 Å². The third-order valence-corrected chi connectivity index (χ3v) is 4.35. The molecule has 0 atom stereocenters. The van der Waals surface area contributed by atoms with Gasteiger partial charge in [-0.1, -0.05) is 18.2 Å². The highest BCUT2D eigenvalue weighted by Gasteiger charge is 2.34. The second-order valence-corrected chi connectivity index (χ2v) is 9.53. The van der Waals surface area contributed by atoms with E-state index >= 15 is 0 Å². The fraction of sp³-hybridized carbons (Fsp3) is 0.444. The Labute approximate surface area is 157 Å². The van der Waals surface area contributed by atoms with Crippen LogP contribution in [0.15, 0.2) is 33.8 Å². The number of rotatable bonds is 4. The minimum Gasteiger partial charge on any atom is -0.456 e. The average Bonchev–Trinajstić information content (AvgIpc) is 2.90. The van der Waals surface area contributed by atoms with Crippen LogP contribution in [0.25, 0.3) is 11.0 Å². The Kier molecular flexibility index (Phi) is 5.40. The third kappa shape index (κ3) is 4.86. The molecule has 0 saturated carbocycles. The second-order valence-electron chi connectivity index (χ2n) is 7.99. The van der Waals surface area contributed by atoms with Crippen molar-refractivity contribution in [2.75, 3.05) is 0 Å². The Morgan fingerprint density at radius 2 is 1.63 bits per heavy atom. The first-order valence-electron chi connectivity index (χ1n) is 8.20. The molecule has 0 amide bonds. The number of furan rings is 1. The van der Waals surface area contributed by atoms with Crippen molar-refractivity contribution in [3.63, 3.8) is 0 Å². The Balaban J connectivity index is 2.49. The molecule has 0 unspecified atom stereocenters. The van der Waals surface area contributed by atoms with E-state index in [0.29, 0.717) is 0 Å². The Morgan fingerprint density at radius 3 is 2.19 bits per heavy atom. The number of fused-ring (bicyclic) bond motifs is 1. The van der Waals surface area contributed by atoms with Gasteiger partial charge in [-0.3, -0.25) is 0 Å². The molecular formula is C18H23NO7S. The van der Waals surface area contributed by atoms with Crippen LogP contribution in [0, 0.1) is 5.41 Å². The van der Waals surface area contributed by atoms with Gasteiger partial charge in [-0.15, -0.1) is 0 Å². The lowest BCUT2D eigenvalue weighted by molar-refractivity contribution is -0.156. The third-order valence-electron chi connectivity index (χ3n) is 3.27. The molecule has 0 aliphatic carbocycles. The molecule has 0 aliphatic heterocycles. The van der Waals surface area contributed by atoms with Crippen LogP contribution in [-0.2, 0) is 24.4 Å². The van der Waals surface area contributed by atoms with Crippen molar-refractivity contribution in [1.82, 2.24) is 4.89 Å². The number of esters is 1. The van der Waals surface area contributed by atoms with E-state index in [1.807, 2.05) is 0 Å². The van der Waals surface area contributed by atoms with Crippen molar-refractivity contribution < 1.29 is 32.0 Å². The molecule has 1 aromatic carbocycles. The Hall–Kier alpha value is -2.39. The normalized spacial score (nSPS) is 12.8. The van der Waals surface area contributed by atoms with Gasteiger partial charge in [0.2, 0.25) is 0 Å². The smallest absolute Gasteiger partial charge is 0.344 e. The minimum atomic E-state index is -4.47. The van der Waals surface area contributed by atoms with Gasteiger partial charge in [0.1, 0.15) is 16.7 Å². The standard InChI is InChI=1S/C18H23NO7S/c1-17(2,3)16(21)26-19-27(22,23)15-13(14(20)25-18(4,5)6)11-9-7-8-10-12(11)24-15/h7-10,19H,1-6H3. The van der Waals surface area contributed by atoms with Crippen molar-refractivity contribution in [3.05, 3.63) is 29.8 Å². The number of sulfonamides is 1. The summed E-state index contributed by atoms with van der Waals surface area (Å²) in [5.41, 5.74) is -1.85. The molecular weight excluding hydrogens is 374 g/mol. The number of carbonyl (C=O) groups excluding carboxylic acids is 2. The quantitative estimate of drug-likeness (QED) is 0.623. The molecule has 2 aromatic rings. The van der Waals surface area contributed by atoms with Crippen molar-refractivity contribution >= 4 is 32.9 Å². The molecule has 0 aliphatic rings. The lowest BCUT2D eigenvalue weighted by Crippen LogP contribution is -2.34. The van der Waals surface area contributed by atoms with Gasteiger partial charge in [0.15, 0.2) is 0 Å². The zero-order valence-electron chi connectivity index (χ0n) is 16.1. The molecule has 0 bridgehead atoms. The van der Waals surface area contributed by atoms with Gasteiger partial charge >= 0.3 is 22.0 Å². The Bertz CT molecular complexity index is 975. The van der Waals surface area contributed by atoms with E-state index in [2.05, 4.69) is 4.84 Å². The molecule has 1 N–H and O–H groups in total. The number of benzene rings is 1. The number of hydrogen-bond donors (Lipinski definition) is 1. The largest absolute Gasteiger partial charge is 0.456 e. The van der Waals surface area contributed by atoms with E-state index in [1.54, 1.807) is 58.6 Å². The lowest BCUT2D eigenvalue weighted by atomic mass is 9.98. The molecule has 2 rings (SSSR count). The van der Waals surface area contributed by atoms with Crippen LogP contribution in [0.3, 0.4) is 0 Å². The predicted octanol–water partition coefficient (Wildman–Crippen LogP) is 3.17. The van der Waals surface area contributed by atoms with Crippen LogP contribution in [-0.4, -0.2) is 26.0 Å². The van der Waals surface area contributed by atoms with Crippen molar-refractivity contribution in [3.8, 4) is 0 Å². The maximum atomic E-state index is 12.6. The summed E-state index contributed by atoms with van der Waals surface area (Å²) in [4.78, 5) is 30.9. The van der Waals surface area contributed by atoms with Gasteiger partial charge < -0.3 is 14.0 Å².